The predicted molar refractivity (Wildman–Crippen MR) is 98.7 cm³/mol. The van der Waals surface area contributed by atoms with Crippen LogP contribution in [0.1, 0.15) is 24.8 Å². The normalized spacial score (nSPS) is 23.3. The Bertz CT molecular complexity index is 527. The molecule has 1 amide bonds. The van der Waals surface area contributed by atoms with Crippen LogP contribution in [-0.2, 0) is 4.79 Å². The fourth-order valence-corrected chi connectivity index (χ4v) is 3.58. The van der Waals surface area contributed by atoms with E-state index in [4.69, 9.17) is 0 Å². The summed E-state index contributed by atoms with van der Waals surface area (Å²) in [6, 6.07) is 10.4. The third-order valence-electron chi connectivity index (χ3n) is 5.08. The van der Waals surface area contributed by atoms with Crippen LogP contribution in [0, 0.1) is 5.92 Å². The summed E-state index contributed by atoms with van der Waals surface area (Å²) in [4.78, 5) is 17.2. The number of nitrogens with one attached hydrogen (secondary N) is 1. The fraction of sp³-hybridized carbons (Fsp3) is 0.550. The zero-order chi connectivity index (χ0) is 16.6. The Morgan fingerprint density at radius 1 is 1.08 bits per heavy atom. The minimum absolute atomic E-state index is 0.240. The molecule has 1 atom stereocenters. The molecule has 130 valence electrons. The Labute approximate surface area is 145 Å². The van der Waals surface area contributed by atoms with Gasteiger partial charge in [0.15, 0.2) is 0 Å². The summed E-state index contributed by atoms with van der Waals surface area (Å²) < 4.78 is 0. The van der Waals surface area contributed by atoms with Crippen LogP contribution in [0.2, 0.25) is 0 Å². The van der Waals surface area contributed by atoms with Crippen LogP contribution in [0.4, 0.5) is 0 Å². The van der Waals surface area contributed by atoms with Crippen LogP contribution in [0.5, 0.6) is 0 Å². The standard InChI is InChI=1S/C20H29N3O/c24-20(19-9-4-11-21-12-10-19)23-16-14-22(15-17-23)13-5-8-18-6-2-1-3-7-18/h1-3,5-8,19,21H,4,9-17H2/b8-5+/t19-/m1/s1. The highest BCUT2D eigenvalue weighted by Gasteiger charge is 2.27. The Balaban J connectivity index is 1.42. The lowest BCUT2D eigenvalue weighted by Gasteiger charge is -2.36. The highest BCUT2D eigenvalue weighted by molar-refractivity contribution is 5.79. The van der Waals surface area contributed by atoms with E-state index in [2.05, 4.69) is 51.5 Å². The third-order valence-corrected chi connectivity index (χ3v) is 5.08. The molecule has 0 saturated carbocycles. The first-order chi connectivity index (χ1) is 11.8. The first kappa shape index (κ1) is 17.2. The summed E-state index contributed by atoms with van der Waals surface area (Å²) in [6.07, 6.45) is 7.57. The first-order valence-corrected chi connectivity index (χ1v) is 9.26. The van der Waals surface area contributed by atoms with E-state index in [1.165, 1.54) is 5.56 Å². The van der Waals surface area contributed by atoms with Gasteiger partial charge in [-0.15, -0.1) is 0 Å². The van der Waals surface area contributed by atoms with Crippen LogP contribution in [0.3, 0.4) is 0 Å². The predicted octanol–water partition coefficient (Wildman–Crippen LogP) is 2.23. The highest BCUT2D eigenvalue weighted by atomic mass is 16.2. The second-order valence-corrected chi connectivity index (χ2v) is 6.82. The average molecular weight is 327 g/mol. The SMILES string of the molecule is O=C([C@@H]1CCCNCC1)N1CCN(C/C=C/c2ccccc2)CC1. The maximum Gasteiger partial charge on any atom is 0.225 e. The first-order valence-electron chi connectivity index (χ1n) is 9.26. The number of rotatable bonds is 4. The van der Waals surface area contributed by atoms with Crippen LogP contribution in [0.25, 0.3) is 6.08 Å². The van der Waals surface area contributed by atoms with Crippen molar-refractivity contribution in [2.45, 2.75) is 19.3 Å². The van der Waals surface area contributed by atoms with E-state index in [-0.39, 0.29) is 5.92 Å². The topological polar surface area (TPSA) is 35.6 Å². The van der Waals surface area contributed by atoms with Crippen molar-refractivity contribution < 1.29 is 4.79 Å². The zero-order valence-corrected chi connectivity index (χ0v) is 14.5. The molecule has 0 bridgehead atoms. The van der Waals surface area contributed by atoms with Gasteiger partial charge in [-0.2, -0.15) is 0 Å². The molecule has 2 aliphatic rings. The second-order valence-electron chi connectivity index (χ2n) is 6.82. The summed E-state index contributed by atoms with van der Waals surface area (Å²) in [7, 11) is 0. The molecule has 2 aliphatic heterocycles. The smallest absolute Gasteiger partial charge is 0.225 e. The zero-order valence-electron chi connectivity index (χ0n) is 14.5. The van der Waals surface area contributed by atoms with E-state index in [1.807, 2.05) is 6.07 Å². The average Bonchev–Trinajstić information content (AvgIpc) is 2.92. The number of hydrogen-bond donors (Lipinski definition) is 1. The van der Waals surface area contributed by atoms with Gasteiger partial charge < -0.3 is 10.2 Å². The fourth-order valence-electron chi connectivity index (χ4n) is 3.58. The molecule has 1 N–H and O–H groups in total. The highest BCUT2D eigenvalue weighted by Crippen LogP contribution is 2.18. The lowest BCUT2D eigenvalue weighted by Crippen LogP contribution is -2.50. The number of hydrogen-bond acceptors (Lipinski definition) is 3. The number of piperazine rings is 1. The van der Waals surface area contributed by atoms with Crippen LogP contribution >= 0.6 is 0 Å². The van der Waals surface area contributed by atoms with Gasteiger partial charge in [0, 0.05) is 38.6 Å². The molecule has 0 unspecified atom stereocenters. The van der Waals surface area contributed by atoms with Crippen molar-refractivity contribution in [3.63, 3.8) is 0 Å². The molecule has 0 aliphatic carbocycles. The molecule has 1 aromatic rings. The van der Waals surface area contributed by atoms with E-state index >= 15 is 0 Å². The summed E-state index contributed by atoms with van der Waals surface area (Å²) in [5.41, 5.74) is 1.24. The molecule has 1 aromatic carbocycles. The van der Waals surface area contributed by atoms with Gasteiger partial charge >= 0.3 is 0 Å². The van der Waals surface area contributed by atoms with Crippen molar-refractivity contribution in [1.82, 2.24) is 15.1 Å². The maximum absolute atomic E-state index is 12.7. The van der Waals surface area contributed by atoms with E-state index in [1.54, 1.807) is 0 Å². The largest absolute Gasteiger partial charge is 0.340 e. The van der Waals surface area contributed by atoms with Crippen molar-refractivity contribution in [1.29, 1.82) is 0 Å². The molecule has 4 nitrogen and oxygen atoms in total. The lowest BCUT2D eigenvalue weighted by atomic mass is 9.98. The summed E-state index contributed by atoms with van der Waals surface area (Å²) in [6.45, 7) is 6.73. The van der Waals surface area contributed by atoms with Gasteiger partial charge in [-0.25, -0.2) is 0 Å². The Morgan fingerprint density at radius 3 is 2.67 bits per heavy atom. The monoisotopic (exact) mass is 327 g/mol. The Kier molecular flexibility index (Phi) is 6.44. The van der Waals surface area contributed by atoms with Crippen molar-refractivity contribution in [2.24, 2.45) is 5.92 Å². The van der Waals surface area contributed by atoms with Gasteiger partial charge in [0.2, 0.25) is 5.91 Å². The summed E-state index contributed by atoms with van der Waals surface area (Å²) in [5.74, 6) is 0.628. The number of nitrogens with zero attached hydrogens (tertiary/aromatic N) is 2. The van der Waals surface area contributed by atoms with Crippen LogP contribution < -0.4 is 5.32 Å². The molecule has 2 fully saturated rings. The minimum Gasteiger partial charge on any atom is -0.340 e. The van der Waals surface area contributed by atoms with Gasteiger partial charge in [0.1, 0.15) is 0 Å². The molecule has 3 rings (SSSR count). The van der Waals surface area contributed by atoms with Crippen molar-refractivity contribution in [3.05, 3.63) is 42.0 Å². The molecule has 0 aromatic heterocycles. The van der Waals surface area contributed by atoms with Gasteiger partial charge in [-0.05, 0) is 37.9 Å². The van der Waals surface area contributed by atoms with Crippen molar-refractivity contribution >= 4 is 12.0 Å². The Hall–Kier alpha value is -1.65. The quantitative estimate of drug-likeness (QED) is 0.921. The van der Waals surface area contributed by atoms with E-state index in [9.17, 15) is 4.79 Å². The number of benzene rings is 1. The van der Waals surface area contributed by atoms with Crippen LogP contribution in [0.15, 0.2) is 36.4 Å². The third kappa shape index (κ3) is 4.92. The van der Waals surface area contributed by atoms with E-state index in [0.29, 0.717) is 5.91 Å². The molecule has 4 heteroatoms. The van der Waals surface area contributed by atoms with Crippen LogP contribution in [-0.4, -0.2) is 61.5 Å². The molecule has 0 radical (unpaired) electrons. The van der Waals surface area contributed by atoms with Crippen molar-refractivity contribution in [2.75, 3.05) is 45.8 Å². The molecular formula is C20H29N3O. The van der Waals surface area contributed by atoms with Gasteiger partial charge in [0.25, 0.3) is 0 Å². The Morgan fingerprint density at radius 2 is 1.88 bits per heavy atom. The number of carbonyl (C=O) groups is 1. The van der Waals surface area contributed by atoms with E-state index in [0.717, 1.165) is 65.1 Å². The molecule has 24 heavy (non-hydrogen) atoms. The minimum atomic E-state index is 0.240. The maximum atomic E-state index is 12.7. The number of amides is 1. The lowest BCUT2D eigenvalue weighted by molar-refractivity contribution is -0.137. The van der Waals surface area contributed by atoms with Crippen molar-refractivity contribution in [3.8, 4) is 0 Å². The number of carbonyl (C=O) groups excluding carboxylic acids is 1. The van der Waals surface area contributed by atoms with Gasteiger partial charge in [-0.3, -0.25) is 9.69 Å². The van der Waals surface area contributed by atoms with Gasteiger partial charge in [-0.1, -0.05) is 42.5 Å². The van der Waals surface area contributed by atoms with E-state index < -0.39 is 0 Å². The molecule has 2 saturated heterocycles. The summed E-state index contributed by atoms with van der Waals surface area (Å²) >= 11 is 0. The summed E-state index contributed by atoms with van der Waals surface area (Å²) in [5, 5.41) is 3.39. The molecule has 0 spiro atoms. The second kappa shape index (κ2) is 9.00. The molecule has 2 heterocycles. The molecular weight excluding hydrogens is 298 g/mol. The van der Waals surface area contributed by atoms with Gasteiger partial charge in [0.05, 0.1) is 0 Å².